The molecule has 2 nitrogen and oxygen atoms in total. The lowest BCUT2D eigenvalue weighted by Crippen LogP contribution is -2.38. The zero-order valence-corrected chi connectivity index (χ0v) is 16.9. The Hall–Kier alpha value is -1.09. The highest BCUT2D eigenvalue weighted by Gasteiger charge is 2.12. The van der Waals surface area contributed by atoms with Gasteiger partial charge in [0.05, 0.1) is 0 Å². The fraction of sp³-hybridized carbons (Fsp3) is 0.667. The van der Waals surface area contributed by atoms with E-state index in [0.717, 1.165) is 18.0 Å². The van der Waals surface area contributed by atoms with Gasteiger partial charge in [0.1, 0.15) is 0 Å². The number of para-hydroxylation sites is 1. The lowest BCUT2D eigenvalue weighted by Gasteiger charge is -2.23. The minimum Gasteiger partial charge on any atom is -0.360 e. The summed E-state index contributed by atoms with van der Waals surface area (Å²) >= 11 is 5.63. The number of nitrogens with one attached hydrogen (secondary N) is 2. The first-order valence-corrected chi connectivity index (χ1v) is 10.2. The van der Waals surface area contributed by atoms with E-state index in [0.29, 0.717) is 6.04 Å². The maximum absolute atomic E-state index is 5.63. The van der Waals surface area contributed by atoms with E-state index in [-0.39, 0.29) is 0 Å². The van der Waals surface area contributed by atoms with Crippen LogP contribution in [0.25, 0.3) is 0 Å². The van der Waals surface area contributed by atoms with Crippen LogP contribution in [0, 0.1) is 0 Å². The molecule has 0 fully saturated rings. The lowest BCUT2D eigenvalue weighted by molar-refractivity contribution is 0.477. The third-order valence-corrected chi connectivity index (χ3v) is 4.85. The maximum atomic E-state index is 5.63. The molecule has 0 aliphatic carbocycles. The number of rotatable bonds is 11. The van der Waals surface area contributed by atoms with Crippen LogP contribution < -0.4 is 10.6 Å². The van der Waals surface area contributed by atoms with Gasteiger partial charge in [-0.3, -0.25) is 0 Å². The molecule has 0 heterocycles. The van der Waals surface area contributed by atoms with Gasteiger partial charge in [-0.1, -0.05) is 78.0 Å². The third kappa shape index (κ3) is 7.21. The zero-order valence-electron chi connectivity index (χ0n) is 16.1. The smallest absolute Gasteiger partial charge is 0.171 e. The highest BCUT2D eigenvalue weighted by molar-refractivity contribution is 7.80. The van der Waals surface area contributed by atoms with E-state index in [4.69, 9.17) is 12.2 Å². The van der Waals surface area contributed by atoms with Crippen LogP contribution in [0.1, 0.15) is 83.8 Å². The molecule has 1 atom stereocenters. The van der Waals surface area contributed by atoms with Crippen molar-refractivity contribution >= 4 is 23.0 Å². The van der Waals surface area contributed by atoms with Crippen molar-refractivity contribution in [2.75, 3.05) is 5.32 Å². The van der Waals surface area contributed by atoms with Gasteiger partial charge < -0.3 is 10.6 Å². The Labute approximate surface area is 154 Å². The molecule has 24 heavy (non-hydrogen) atoms. The van der Waals surface area contributed by atoms with Crippen molar-refractivity contribution < 1.29 is 0 Å². The van der Waals surface area contributed by atoms with Gasteiger partial charge in [0.25, 0.3) is 0 Å². The number of benzene rings is 1. The number of aryl methyl sites for hydroxylation is 2. The molecule has 1 rings (SSSR count). The van der Waals surface area contributed by atoms with Crippen molar-refractivity contribution in [2.24, 2.45) is 0 Å². The third-order valence-electron chi connectivity index (χ3n) is 4.63. The first kappa shape index (κ1) is 21.0. The standard InChI is InChI=1S/C21H36N2S/c1-5-9-11-16-19(15-10-6-2)22-21(24)23-20-17(7-3)13-12-14-18(20)8-4/h12-14,19H,5-11,15-16H2,1-4H3,(H2,22,23,24). The molecule has 0 amide bonds. The van der Waals surface area contributed by atoms with Gasteiger partial charge in [-0.15, -0.1) is 0 Å². The van der Waals surface area contributed by atoms with Crippen LogP contribution in [0.4, 0.5) is 5.69 Å². The first-order chi connectivity index (χ1) is 11.7. The normalized spacial score (nSPS) is 12.0. The molecule has 0 aliphatic rings. The second-order valence-corrected chi connectivity index (χ2v) is 7.00. The molecule has 0 aliphatic heterocycles. The van der Waals surface area contributed by atoms with Gasteiger partial charge in [0.15, 0.2) is 5.11 Å². The van der Waals surface area contributed by atoms with Crippen molar-refractivity contribution in [1.82, 2.24) is 5.32 Å². The summed E-state index contributed by atoms with van der Waals surface area (Å²) in [5.41, 5.74) is 3.90. The summed E-state index contributed by atoms with van der Waals surface area (Å²) in [6, 6.07) is 7.03. The van der Waals surface area contributed by atoms with Gasteiger partial charge >= 0.3 is 0 Å². The monoisotopic (exact) mass is 348 g/mol. The van der Waals surface area contributed by atoms with E-state index in [1.54, 1.807) is 0 Å². The topological polar surface area (TPSA) is 24.1 Å². The number of anilines is 1. The van der Waals surface area contributed by atoms with Gasteiger partial charge in [-0.05, 0) is 49.0 Å². The van der Waals surface area contributed by atoms with E-state index in [9.17, 15) is 0 Å². The Morgan fingerprint density at radius 3 is 2.04 bits per heavy atom. The second-order valence-electron chi connectivity index (χ2n) is 6.59. The van der Waals surface area contributed by atoms with Gasteiger partial charge in [0, 0.05) is 11.7 Å². The lowest BCUT2D eigenvalue weighted by atomic mass is 10.0. The summed E-state index contributed by atoms with van der Waals surface area (Å²) in [7, 11) is 0. The molecule has 0 radical (unpaired) electrons. The Morgan fingerprint density at radius 2 is 1.50 bits per heavy atom. The Kier molecular flexibility index (Phi) is 10.7. The van der Waals surface area contributed by atoms with Crippen LogP contribution in [-0.2, 0) is 12.8 Å². The number of hydrogen-bond donors (Lipinski definition) is 2. The maximum Gasteiger partial charge on any atom is 0.171 e. The SMILES string of the molecule is CCCCCC(CCCC)NC(=S)Nc1c(CC)cccc1CC. The highest BCUT2D eigenvalue weighted by Crippen LogP contribution is 2.22. The first-order valence-electron chi connectivity index (χ1n) is 9.84. The molecule has 1 unspecified atom stereocenters. The fourth-order valence-corrected chi connectivity index (χ4v) is 3.39. The zero-order chi connectivity index (χ0) is 17.8. The molecule has 1 aromatic rings. The van der Waals surface area contributed by atoms with Crippen molar-refractivity contribution in [3.8, 4) is 0 Å². The van der Waals surface area contributed by atoms with Crippen LogP contribution in [0.2, 0.25) is 0 Å². The molecular weight excluding hydrogens is 312 g/mol. The summed E-state index contributed by atoms with van der Waals surface area (Å²) in [5.74, 6) is 0. The van der Waals surface area contributed by atoms with E-state index in [2.05, 4.69) is 56.5 Å². The molecule has 0 aromatic heterocycles. The number of thiocarbonyl (C=S) groups is 1. The fourth-order valence-electron chi connectivity index (χ4n) is 3.12. The molecule has 3 heteroatoms. The van der Waals surface area contributed by atoms with Gasteiger partial charge in [0.2, 0.25) is 0 Å². The summed E-state index contributed by atoms with van der Waals surface area (Å²) in [5, 5.41) is 7.86. The van der Waals surface area contributed by atoms with E-state index < -0.39 is 0 Å². The Balaban J connectivity index is 2.70. The van der Waals surface area contributed by atoms with Crippen LogP contribution in [-0.4, -0.2) is 11.2 Å². The largest absolute Gasteiger partial charge is 0.360 e. The van der Waals surface area contributed by atoms with Crippen LogP contribution in [0.3, 0.4) is 0 Å². The van der Waals surface area contributed by atoms with Crippen molar-refractivity contribution in [3.63, 3.8) is 0 Å². The second kappa shape index (κ2) is 12.3. The predicted molar refractivity (Wildman–Crippen MR) is 112 cm³/mol. The van der Waals surface area contributed by atoms with Gasteiger partial charge in [-0.25, -0.2) is 0 Å². The Bertz CT molecular complexity index is 462. The minimum absolute atomic E-state index is 0.496. The number of hydrogen-bond acceptors (Lipinski definition) is 1. The molecule has 1 aromatic carbocycles. The summed E-state index contributed by atoms with van der Waals surface area (Å²) in [6.07, 6.45) is 10.8. The Morgan fingerprint density at radius 1 is 0.917 bits per heavy atom. The van der Waals surface area contributed by atoms with Crippen molar-refractivity contribution in [1.29, 1.82) is 0 Å². The highest BCUT2D eigenvalue weighted by atomic mass is 32.1. The summed E-state index contributed by atoms with van der Waals surface area (Å²) < 4.78 is 0. The molecule has 0 saturated heterocycles. The van der Waals surface area contributed by atoms with Crippen LogP contribution in [0.5, 0.6) is 0 Å². The van der Waals surface area contributed by atoms with Crippen molar-refractivity contribution in [3.05, 3.63) is 29.3 Å². The average Bonchev–Trinajstić information content (AvgIpc) is 2.59. The molecular formula is C21H36N2S. The minimum atomic E-state index is 0.496. The molecule has 2 N–H and O–H groups in total. The molecule has 0 saturated carbocycles. The molecule has 136 valence electrons. The van der Waals surface area contributed by atoms with Crippen LogP contribution >= 0.6 is 12.2 Å². The van der Waals surface area contributed by atoms with E-state index >= 15 is 0 Å². The molecule has 0 spiro atoms. The van der Waals surface area contributed by atoms with Crippen molar-refractivity contribution in [2.45, 2.75) is 91.5 Å². The average molecular weight is 349 g/mol. The predicted octanol–water partition coefficient (Wildman–Crippen LogP) is 6.24. The van der Waals surface area contributed by atoms with E-state index in [1.165, 1.54) is 61.8 Å². The molecule has 0 bridgehead atoms. The van der Waals surface area contributed by atoms with Crippen LogP contribution in [0.15, 0.2) is 18.2 Å². The quantitative estimate of drug-likeness (QED) is 0.366. The number of unbranched alkanes of at least 4 members (excludes halogenated alkanes) is 3. The van der Waals surface area contributed by atoms with E-state index in [1.807, 2.05) is 0 Å². The van der Waals surface area contributed by atoms with Gasteiger partial charge in [-0.2, -0.15) is 0 Å². The summed E-state index contributed by atoms with van der Waals surface area (Å²) in [4.78, 5) is 0. The summed E-state index contributed by atoms with van der Waals surface area (Å²) in [6.45, 7) is 8.91.